The van der Waals surface area contributed by atoms with Crippen LogP contribution in [0, 0.1) is 0 Å². The molecule has 5 nitrogen and oxygen atoms in total. The monoisotopic (exact) mass is 332 g/mol. The summed E-state index contributed by atoms with van der Waals surface area (Å²) < 4.78 is 4.99. The van der Waals surface area contributed by atoms with E-state index < -0.39 is 0 Å². The summed E-state index contributed by atoms with van der Waals surface area (Å²) in [7, 11) is 0. The van der Waals surface area contributed by atoms with Crippen molar-refractivity contribution in [3.8, 4) is 0 Å². The molecule has 0 unspecified atom stereocenters. The Morgan fingerprint density at radius 2 is 1.88 bits per heavy atom. The zero-order valence-electron chi connectivity index (χ0n) is 14.7. The minimum absolute atomic E-state index is 0.0312. The quantitative estimate of drug-likeness (QED) is 0.706. The van der Waals surface area contributed by atoms with Gasteiger partial charge in [-0.1, -0.05) is 37.3 Å². The molecule has 0 heterocycles. The van der Waals surface area contributed by atoms with Crippen LogP contribution in [-0.4, -0.2) is 43.0 Å². The van der Waals surface area contributed by atoms with E-state index in [1.165, 1.54) is 0 Å². The van der Waals surface area contributed by atoms with Crippen LogP contribution in [0.1, 0.15) is 45.1 Å². The molecule has 1 aliphatic rings. The standard InChI is InChI=1S/C19H28N2O3/c1-3-13-21(15-18(23)24-4-2)14-17(22)20-19(11-8-12-19)16-9-6-5-7-10-16/h5-7,9-10H,3-4,8,11-15H2,1-2H3,(H,20,22). The highest BCUT2D eigenvalue weighted by molar-refractivity contribution is 5.80. The Labute approximate surface area is 144 Å². The SMILES string of the molecule is CCCN(CC(=O)NC1(c2ccccc2)CCC1)CC(=O)OCC. The first-order valence-corrected chi connectivity index (χ1v) is 8.84. The fourth-order valence-corrected chi connectivity index (χ4v) is 3.20. The van der Waals surface area contributed by atoms with Gasteiger partial charge in [0.05, 0.1) is 25.2 Å². The molecule has 0 atom stereocenters. The smallest absolute Gasteiger partial charge is 0.320 e. The highest BCUT2D eigenvalue weighted by Gasteiger charge is 2.39. The van der Waals surface area contributed by atoms with Gasteiger partial charge in [-0.2, -0.15) is 0 Å². The molecule has 1 aromatic carbocycles. The Morgan fingerprint density at radius 3 is 2.42 bits per heavy atom. The summed E-state index contributed by atoms with van der Waals surface area (Å²) in [4.78, 5) is 26.1. The second kappa shape index (κ2) is 8.83. The van der Waals surface area contributed by atoms with Crippen molar-refractivity contribution in [3.05, 3.63) is 35.9 Å². The fourth-order valence-electron chi connectivity index (χ4n) is 3.20. The first kappa shape index (κ1) is 18.5. The predicted octanol–water partition coefficient (Wildman–Crippen LogP) is 2.46. The van der Waals surface area contributed by atoms with Crippen LogP contribution in [-0.2, 0) is 19.9 Å². The van der Waals surface area contributed by atoms with Gasteiger partial charge in [0, 0.05) is 0 Å². The van der Waals surface area contributed by atoms with Crippen LogP contribution >= 0.6 is 0 Å². The number of ether oxygens (including phenoxy) is 1. The molecule has 132 valence electrons. The maximum atomic E-state index is 12.5. The molecule has 1 N–H and O–H groups in total. The van der Waals surface area contributed by atoms with Crippen molar-refractivity contribution in [3.63, 3.8) is 0 Å². The number of nitrogens with zero attached hydrogens (tertiary/aromatic N) is 1. The first-order valence-electron chi connectivity index (χ1n) is 8.84. The van der Waals surface area contributed by atoms with Crippen LogP contribution in [0.4, 0.5) is 0 Å². The second-order valence-corrected chi connectivity index (χ2v) is 6.37. The van der Waals surface area contributed by atoms with Crippen molar-refractivity contribution in [2.75, 3.05) is 26.2 Å². The Morgan fingerprint density at radius 1 is 1.17 bits per heavy atom. The summed E-state index contributed by atoms with van der Waals surface area (Å²) in [6, 6.07) is 10.1. The van der Waals surface area contributed by atoms with E-state index in [0.29, 0.717) is 13.2 Å². The molecular formula is C19H28N2O3. The molecule has 1 saturated carbocycles. The molecule has 1 aromatic rings. The van der Waals surface area contributed by atoms with Crippen LogP contribution in [0.25, 0.3) is 0 Å². The second-order valence-electron chi connectivity index (χ2n) is 6.37. The fraction of sp³-hybridized carbons (Fsp3) is 0.579. The number of nitrogens with one attached hydrogen (secondary N) is 1. The van der Waals surface area contributed by atoms with Gasteiger partial charge in [0.25, 0.3) is 0 Å². The summed E-state index contributed by atoms with van der Waals surface area (Å²) >= 11 is 0. The van der Waals surface area contributed by atoms with Crippen LogP contribution in [0.5, 0.6) is 0 Å². The Balaban J connectivity index is 1.95. The van der Waals surface area contributed by atoms with Crippen molar-refractivity contribution in [2.24, 2.45) is 0 Å². The molecule has 1 aliphatic carbocycles. The Kier molecular flexibility index (Phi) is 6.79. The van der Waals surface area contributed by atoms with Crippen molar-refractivity contribution in [1.29, 1.82) is 0 Å². The molecule has 5 heteroatoms. The lowest BCUT2D eigenvalue weighted by atomic mass is 9.72. The topological polar surface area (TPSA) is 58.6 Å². The molecule has 0 aliphatic heterocycles. The van der Waals surface area contributed by atoms with Gasteiger partial charge in [-0.25, -0.2) is 0 Å². The predicted molar refractivity (Wildman–Crippen MR) is 93.5 cm³/mol. The van der Waals surface area contributed by atoms with E-state index in [-0.39, 0.29) is 30.5 Å². The molecule has 0 spiro atoms. The molecule has 0 aromatic heterocycles. The van der Waals surface area contributed by atoms with E-state index in [1.807, 2.05) is 30.0 Å². The van der Waals surface area contributed by atoms with Crippen molar-refractivity contribution < 1.29 is 14.3 Å². The summed E-state index contributed by atoms with van der Waals surface area (Å²) in [5, 5.41) is 3.21. The number of carbonyl (C=O) groups excluding carboxylic acids is 2. The van der Waals surface area contributed by atoms with Crippen LogP contribution in [0.3, 0.4) is 0 Å². The number of hydrogen-bond donors (Lipinski definition) is 1. The minimum Gasteiger partial charge on any atom is -0.465 e. The molecule has 2 rings (SSSR count). The molecule has 1 fully saturated rings. The van der Waals surface area contributed by atoms with E-state index in [4.69, 9.17) is 4.74 Å². The third-order valence-corrected chi connectivity index (χ3v) is 4.48. The van der Waals surface area contributed by atoms with Crippen LogP contribution < -0.4 is 5.32 Å². The van der Waals surface area contributed by atoms with E-state index in [9.17, 15) is 9.59 Å². The highest BCUT2D eigenvalue weighted by Crippen LogP contribution is 2.41. The molecule has 24 heavy (non-hydrogen) atoms. The third kappa shape index (κ3) is 4.81. The maximum Gasteiger partial charge on any atom is 0.320 e. The zero-order chi connectivity index (χ0) is 17.4. The Bertz CT molecular complexity index is 541. The van der Waals surface area contributed by atoms with Gasteiger partial charge in [-0.15, -0.1) is 0 Å². The van der Waals surface area contributed by atoms with Gasteiger partial charge in [0.2, 0.25) is 5.91 Å². The largest absolute Gasteiger partial charge is 0.465 e. The average molecular weight is 332 g/mol. The maximum absolute atomic E-state index is 12.5. The van der Waals surface area contributed by atoms with E-state index >= 15 is 0 Å². The lowest BCUT2D eigenvalue weighted by molar-refractivity contribution is -0.144. The van der Waals surface area contributed by atoms with E-state index in [1.54, 1.807) is 6.92 Å². The van der Waals surface area contributed by atoms with Crippen molar-refractivity contribution >= 4 is 11.9 Å². The van der Waals surface area contributed by atoms with Crippen molar-refractivity contribution in [2.45, 2.75) is 45.1 Å². The van der Waals surface area contributed by atoms with Gasteiger partial charge >= 0.3 is 5.97 Å². The number of benzene rings is 1. The minimum atomic E-state index is -0.278. The number of rotatable bonds is 9. The molecule has 0 radical (unpaired) electrons. The van der Waals surface area contributed by atoms with Crippen LogP contribution in [0.2, 0.25) is 0 Å². The van der Waals surface area contributed by atoms with Gasteiger partial charge in [0.1, 0.15) is 0 Å². The molecule has 0 bridgehead atoms. The van der Waals surface area contributed by atoms with E-state index in [0.717, 1.165) is 31.2 Å². The van der Waals surface area contributed by atoms with Crippen molar-refractivity contribution in [1.82, 2.24) is 10.2 Å². The molecule has 1 amide bonds. The number of amides is 1. The molecule has 0 saturated heterocycles. The molecular weight excluding hydrogens is 304 g/mol. The first-order chi connectivity index (χ1) is 11.6. The number of esters is 1. The normalized spacial score (nSPS) is 15.6. The van der Waals surface area contributed by atoms with Gasteiger partial charge < -0.3 is 10.1 Å². The van der Waals surface area contributed by atoms with Crippen LogP contribution in [0.15, 0.2) is 30.3 Å². The van der Waals surface area contributed by atoms with E-state index in [2.05, 4.69) is 17.4 Å². The third-order valence-electron chi connectivity index (χ3n) is 4.48. The average Bonchev–Trinajstić information content (AvgIpc) is 2.52. The number of hydrogen-bond acceptors (Lipinski definition) is 4. The summed E-state index contributed by atoms with van der Waals surface area (Å²) in [6.45, 7) is 5.27. The summed E-state index contributed by atoms with van der Waals surface area (Å²) in [5.74, 6) is -0.309. The van der Waals surface area contributed by atoms with Gasteiger partial charge in [0.15, 0.2) is 0 Å². The van der Waals surface area contributed by atoms with Gasteiger partial charge in [-0.05, 0) is 44.7 Å². The lowest BCUT2D eigenvalue weighted by Crippen LogP contribution is -2.53. The number of carbonyl (C=O) groups is 2. The van der Waals surface area contributed by atoms with Gasteiger partial charge in [-0.3, -0.25) is 14.5 Å². The Hall–Kier alpha value is -1.88. The highest BCUT2D eigenvalue weighted by atomic mass is 16.5. The summed E-state index contributed by atoms with van der Waals surface area (Å²) in [5.41, 5.74) is 0.928. The summed E-state index contributed by atoms with van der Waals surface area (Å²) in [6.07, 6.45) is 3.94. The zero-order valence-corrected chi connectivity index (χ0v) is 14.7. The lowest BCUT2D eigenvalue weighted by Gasteiger charge is -2.43.